The van der Waals surface area contributed by atoms with Gasteiger partial charge in [-0.2, -0.15) is 0 Å². The van der Waals surface area contributed by atoms with E-state index in [1.165, 1.54) is 0 Å². The number of ether oxygens (including phenoxy) is 2. The summed E-state index contributed by atoms with van der Waals surface area (Å²) in [7, 11) is 1.69. The van der Waals surface area contributed by atoms with Crippen LogP contribution >= 0.6 is 0 Å². The van der Waals surface area contributed by atoms with Crippen LogP contribution < -0.4 is 4.74 Å². The SMILES string of the molecule is COCCC(C)Oc1ccc([C@@H](C)O)cc1C. The molecule has 0 aliphatic carbocycles. The average Bonchev–Trinajstić information content (AvgIpc) is 2.28. The molecule has 0 aliphatic rings. The summed E-state index contributed by atoms with van der Waals surface area (Å²) in [4.78, 5) is 0. The third-order valence-electron chi connectivity index (χ3n) is 2.74. The van der Waals surface area contributed by atoms with Crippen LogP contribution in [0.5, 0.6) is 5.75 Å². The fourth-order valence-electron chi connectivity index (χ4n) is 1.62. The molecule has 3 heteroatoms. The highest BCUT2D eigenvalue weighted by Crippen LogP contribution is 2.23. The van der Waals surface area contributed by atoms with Gasteiger partial charge in [-0.15, -0.1) is 0 Å². The minimum atomic E-state index is -0.436. The Hall–Kier alpha value is -1.06. The van der Waals surface area contributed by atoms with E-state index in [4.69, 9.17) is 9.47 Å². The van der Waals surface area contributed by atoms with Gasteiger partial charge in [0.25, 0.3) is 0 Å². The first-order valence-electron chi connectivity index (χ1n) is 5.98. The van der Waals surface area contributed by atoms with Gasteiger partial charge >= 0.3 is 0 Å². The second kappa shape index (κ2) is 6.62. The summed E-state index contributed by atoms with van der Waals surface area (Å²) in [5.41, 5.74) is 1.96. The molecular formula is C14H22O3. The van der Waals surface area contributed by atoms with Crippen molar-refractivity contribution in [1.29, 1.82) is 0 Å². The van der Waals surface area contributed by atoms with Crippen molar-refractivity contribution in [1.82, 2.24) is 0 Å². The molecule has 17 heavy (non-hydrogen) atoms. The molecule has 0 spiro atoms. The first-order valence-corrected chi connectivity index (χ1v) is 5.98. The van der Waals surface area contributed by atoms with E-state index in [0.29, 0.717) is 6.61 Å². The summed E-state index contributed by atoms with van der Waals surface area (Å²) >= 11 is 0. The summed E-state index contributed by atoms with van der Waals surface area (Å²) in [6.07, 6.45) is 0.563. The Morgan fingerprint density at radius 2 is 2.00 bits per heavy atom. The van der Waals surface area contributed by atoms with Gasteiger partial charge in [0.05, 0.1) is 12.2 Å². The molecule has 1 N–H and O–H groups in total. The molecule has 96 valence electrons. The van der Waals surface area contributed by atoms with Crippen LogP contribution in [0.4, 0.5) is 0 Å². The van der Waals surface area contributed by atoms with E-state index >= 15 is 0 Å². The van der Waals surface area contributed by atoms with Crippen molar-refractivity contribution in [3.63, 3.8) is 0 Å². The molecule has 0 amide bonds. The summed E-state index contributed by atoms with van der Waals surface area (Å²) < 4.78 is 10.8. The van der Waals surface area contributed by atoms with Gasteiger partial charge in [0, 0.05) is 20.1 Å². The zero-order valence-electron chi connectivity index (χ0n) is 11.1. The minimum absolute atomic E-state index is 0.131. The Bertz CT molecular complexity index is 347. The van der Waals surface area contributed by atoms with Gasteiger partial charge < -0.3 is 14.6 Å². The number of methoxy groups -OCH3 is 1. The van der Waals surface area contributed by atoms with Crippen molar-refractivity contribution in [3.8, 4) is 5.75 Å². The van der Waals surface area contributed by atoms with Gasteiger partial charge in [-0.1, -0.05) is 6.07 Å². The molecule has 0 heterocycles. The summed E-state index contributed by atoms with van der Waals surface area (Å²) in [5, 5.41) is 9.48. The highest BCUT2D eigenvalue weighted by Gasteiger charge is 2.08. The standard InChI is InChI=1S/C14H22O3/c1-10-9-13(12(3)15)5-6-14(10)17-11(2)7-8-16-4/h5-6,9,11-12,15H,7-8H2,1-4H3/t11?,12-/m1/s1. The van der Waals surface area contributed by atoms with Crippen molar-refractivity contribution < 1.29 is 14.6 Å². The lowest BCUT2D eigenvalue weighted by molar-refractivity contribution is 0.134. The van der Waals surface area contributed by atoms with Crippen molar-refractivity contribution >= 4 is 0 Å². The lowest BCUT2D eigenvalue weighted by atomic mass is 10.1. The molecule has 0 bridgehead atoms. The fourth-order valence-corrected chi connectivity index (χ4v) is 1.62. The molecule has 1 aromatic rings. The second-order valence-electron chi connectivity index (χ2n) is 4.41. The van der Waals surface area contributed by atoms with Gasteiger partial charge in [-0.25, -0.2) is 0 Å². The van der Waals surface area contributed by atoms with Gasteiger partial charge in [0.2, 0.25) is 0 Å². The Morgan fingerprint density at radius 1 is 1.29 bits per heavy atom. The van der Waals surface area contributed by atoms with Crippen molar-refractivity contribution in [3.05, 3.63) is 29.3 Å². The fraction of sp³-hybridized carbons (Fsp3) is 0.571. The Kier molecular flexibility index (Phi) is 5.45. The molecule has 0 saturated heterocycles. The van der Waals surface area contributed by atoms with Crippen LogP contribution in [0.25, 0.3) is 0 Å². The second-order valence-corrected chi connectivity index (χ2v) is 4.41. The number of aliphatic hydroxyl groups excluding tert-OH is 1. The zero-order chi connectivity index (χ0) is 12.8. The number of benzene rings is 1. The van der Waals surface area contributed by atoms with E-state index < -0.39 is 6.10 Å². The van der Waals surface area contributed by atoms with Gasteiger partial charge in [0.1, 0.15) is 5.75 Å². The van der Waals surface area contributed by atoms with Crippen LogP contribution in [0.3, 0.4) is 0 Å². The van der Waals surface area contributed by atoms with E-state index in [1.807, 2.05) is 32.0 Å². The van der Waals surface area contributed by atoms with Gasteiger partial charge in [-0.3, -0.25) is 0 Å². The molecular weight excluding hydrogens is 216 g/mol. The number of rotatable bonds is 6. The van der Waals surface area contributed by atoms with E-state index in [-0.39, 0.29) is 6.10 Å². The first kappa shape index (κ1) is 14.0. The van der Waals surface area contributed by atoms with Crippen LogP contribution in [0.2, 0.25) is 0 Å². The number of aryl methyl sites for hydroxylation is 1. The number of hydrogen-bond acceptors (Lipinski definition) is 3. The summed E-state index contributed by atoms with van der Waals surface area (Å²) in [6.45, 7) is 6.48. The molecule has 0 radical (unpaired) electrons. The molecule has 0 fully saturated rings. The van der Waals surface area contributed by atoms with Crippen LogP contribution in [0, 0.1) is 6.92 Å². The third kappa shape index (κ3) is 4.36. The predicted octanol–water partition coefficient (Wildman–Crippen LogP) is 2.85. The minimum Gasteiger partial charge on any atom is -0.490 e. The maximum absolute atomic E-state index is 9.48. The molecule has 0 saturated carbocycles. The predicted molar refractivity (Wildman–Crippen MR) is 68.4 cm³/mol. The molecule has 0 aliphatic heterocycles. The van der Waals surface area contributed by atoms with Crippen LogP contribution in [0.15, 0.2) is 18.2 Å². The molecule has 1 rings (SSSR count). The van der Waals surface area contributed by atoms with Gasteiger partial charge in [0.15, 0.2) is 0 Å². The maximum atomic E-state index is 9.48. The summed E-state index contributed by atoms with van der Waals surface area (Å²) in [6, 6.07) is 5.78. The Morgan fingerprint density at radius 3 is 2.53 bits per heavy atom. The van der Waals surface area contributed by atoms with Crippen molar-refractivity contribution in [2.45, 2.75) is 39.4 Å². The quantitative estimate of drug-likeness (QED) is 0.828. The molecule has 1 aromatic carbocycles. The Balaban J connectivity index is 2.65. The van der Waals surface area contributed by atoms with Crippen molar-refractivity contribution in [2.75, 3.05) is 13.7 Å². The first-order chi connectivity index (χ1) is 8.04. The lowest BCUT2D eigenvalue weighted by Crippen LogP contribution is -2.14. The van der Waals surface area contributed by atoms with E-state index in [0.717, 1.165) is 23.3 Å². The van der Waals surface area contributed by atoms with Crippen molar-refractivity contribution in [2.24, 2.45) is 0 Å². The van der Waals surface area contributed by atoms with Crippen LogP contribution in [-0.2, 0) is 4.74 Å². The van der Waals surface area contributed by atoms with E-state index in [2.05, 4.69) is 0 Å². The Labute approximate surface area is 103 Å². The molecule has 1 unspecified atom stereocenters. The maximum Gasteiger partial charge on any atom is 0.122 e. The highest BCUT2D eigenvalue weighted by molar-refractivity contribution is 5.37. The number of aliphatic hydroxyl groups is 1. The molecule has 2 atom stereocenters. The molecule has 3 nitrogen and oxygen atoms in total. The largest absolute Gasteiger partial charge is 0.490 e. The van der Waals surface area contributed by atoms with Gasteiger partial charge in [-0.05, 0) is 44.0 Å². The van der Waals surface area contributed by atoms with Crippen LogP contribution in [0.1, 0.15) is 37.5 Å². The average molecular weight is 238 g/mol. The highest BCUT2D eigenvalue weighted by atomic mass is 16.5. The lowest BCUT2D eigenvalue weighted by Gasteiger charge is -2.17. The normalized spacial score (nSPS) is 14.4. The monoisotopic (exact) mass is 238 g/mol. The van der Waals surface area contributed by atoms with E-state index in [1.54, 1.807) is 14.0 Å². The summed E-state index contributed by atoms with van der Waals surface area (Å²) in [5.74, 6) is 0.873. The van der Waals surface area contributed by atoms with E-state index in [9.17, 15) is 5.11 Å². The smallest absolute Gasteiger partial charge is 0.122 e. The topological polar surface area (TPSA) is 38.7 Å². The third-order valence-corrected chi connectivity index (χ3v) is 2.74. The zero-order valence-corrected chi connectivity index (χ0v) is 11.1. The van der Waals surface area contributed by atoms with Crippen LogP contribution in [-0.4, -0.2) is 24.9 Å². The molecule has 0 aromatic heterocycles. The number of hydrogen-bond donors (Lipinski definition) is 1.